The fraction of sp³-hybridized carbons (Fsp3) is 0.289. The van der Waals surface area contributed by atoms with Crippen molar-refractivity contribution in [2.24, 2.45) is 0 Å². The van der Waals surface area contributed by atoms with E-state index in [0.29, 0.717) is 47.5 Å². The largest absolute Gasteiger partial charge is 0.478 e. The summed E-state index contributed by atoms with van der Waals surface area (Å²) in [4.78, 5) is 45.5. The molecule has 0 radical (unpaired) electrons. The second kappa shape index (κ2) is 17.0. The zero-order chi connectivity index (χ0) is 37.4. The maximum absolute atomic E-state index is 13.9. The lowest BCUT2D eigenvalue weighted by molar-refractivity contribution is 0.00421. The van der Waals surface area contributed by atoms with E-state index < -0.39 is 26.6 Å². The lowest BCUT2D eigenvalue weighted by Gasteiger charge is -2.22. The molecule has 1 saturated carbocycles. The third kappa shape index (κ3) is 9.34. The molecule has 2 N–H and O–H groups in total. The van der Waals surface area contributed by atoms with Crippen LogP contribution in [0.5, 0.6) is 0 Å². The van der Waals surface area contributed by atoms with Gasteiger partial charge in [0.05, 0.1) is 18.8 Å². The number of hydrogen-bond donors (Lipinski definition) is 2. The minimum atomic E-state index is -4.23. The van der Waals surface area contributed by atoms with Crippen molar-refractivity contribution in [2.45, 2.75) is 59.3 Å². The van der Waals surface area contributed by atoms with Crippen LogP contribution in [0.3, 0.4) is 0 Å². The maximum Gasteiger partial charge on any atom is 0.478 e. The predicted molar refractivity (Wildman–Crippen MR) is 197 cm³/mol. The summed E-state index contributed by atoms with van der Waals surface area (Å²) in [5, 5.41) is 10.5. The normalized spacial score (nSPS) is 12.7. The smallest absolute Gasteiger partial charge is 0.421 e. The molecule has 3 aromatic carbocycles. The van der Waals surface area contributed by atoms with Gasteiger partial charge in [-0.1, -0.05) is 73.7 Å². The van der Waals surface area contributed by atoms with Crippen LogP contribution >= 0.6 is 7.82 Å². The lowest BCUT2D eigenvalue weighted by Crippen LogP contribution is -2.39. The number of imide groups is 1. The van der Waals surface area contributed by atoms with Crippen molar-refractivity contribution in [2.75, 3.05) is 18.7 Å². The number of rotatable bonds is 16. The summed E-state index contributed by atoms with van der Waals surface area (Å²) in [7, 11) is -4.23. The van der Waals surface area contributed by atoms with Crippen molar-refractivity contribution in [3.05, 3.63) is 125 Å². The molecule has 0 atom stereocenters. The molecule has 0 unspecified atom stereocenters. The molecule has 0 spiro atoms. The predicted octanol–water partition coefficient (Wildman–Crippen LogP) is 7.49. The number of carbonyl (C=O) groups is 3. The first-order chi connectivity index (χ1) is 25.7. The first-order valence-corrected chi connectivity index (χ1v) is 18.7. The highest BCUT2D eigenvalue weighted by atomic mass is 31.2. The zero-order valence-corrected chi connectivity index (χ0v) is 30.6. The second-order valence-corrected chi connectivity index (χ2v) is 14.2. The Morgan fingerprint density at radius 1 is 0.925 bits per heavy atom. The highest BCUT2D eigenvalue weighted by Crippen LogP contribution is 2.51. The summed E-state index contributed by atoms with van der Waals surface area (Å²) < 4.78 is 37.2. The summed E-state index contributed by atoms with van der Waals surface area (Å²) in [5.41, 5.74) is 4.84. The molecule has 6 rings (SSSR count). The van der Waals surface area contributed by atoms with Crippen LogP contribution in [0.4, 0.5) is 16.3 Å². The summed E-state index contributed by atoms with van der Waals surface area (Å²) in [5.74, 6) is -0.348. The van der Waals surface area contributed by atoms with Crippen LogP contribution in [0.25, 0.3) is 5.52 Å². The van der Waals surface area contributed by atoms with Gasteiger partial charge in [0.15, 0.2) is 5.82 Å². The number of phosphoric acid groups is 1. The fourth-order valence-corrected chi connectivity index (χ4v) is 6.50. The third-order valence-electron chi connectivity index (χ3n) is 8.53. The minimum Gasteiger partial charge on any atom is -0.421 e. The molecule has 53 heavy (non-hydrogen) atoms. The van der Waals surface area contributed by atoms with E-state index in [9.17, 15) is 18.9 Å². The molecule has 276 valence electrons. The van der Waals surface area contributed by atoms with Crippen LogP contribution in [0.2, 0.25) is 0 Å². The molecule has 15 heteroatoms. The molecule has 5 aromatic rings. The molecular weight excluding hydrogens is 699 g/mol. The van der Waals surface area contributed by atoms with E-state index in [4.69, 9.17) is 18.3 Å². The molecular formula is C38H41N6O8P. The van der Waals surface area contributed by atoms with Crippen LogP contribution in [-0.4, -0.2) is 56.8 Å². The van der Waals surface area contributed by atoms with Gasteiger partial charge in [-0.3, -0.25) is 18.6 Å². The first kappa shape index (κ1) is 37.4. The fourth-order valence-electron chi connectivity index (χ4n) is 5.48. The molecule has 1 aliphatic carbocycles. The van der Waals surface area contributed by atoms with Gasteiger partial charge >= 0.3 is 13.9 Å². The number of amides is 3. The molecule has 0 saturated heterocycles. The van der Waals surface area contributed by atoms with Crippen molar-refractivity contribution in [1.29, 1.82) is 0 Å². The summed E-state index contributed by atoms with van der Waals surface area (Å²) in [6, 6.07) is 22.8. The van der Waals surface area contributed by atoms with Gasteiger partial charge in [-0.15, -0.1) is 0 Å². The van der Waals surface area contributed by atoms with Crippen molar-refractivity contribution < 1.29 is 37.3 Å². The molecule has 1 aliphatic rings. The van der Waals surface area contributed by atoms with Gasteiger partial charge in [0, 0.05) is 30.0 Å². The molecule has 2 heterocycles. The number of nitrogens with zero attached hydrogens (tertiary/aromatic N) is 4. The number of benzene rings is 3. The summed E-state index contributed by atoms with van der Waals surface area (Å²) >= 11 is 0. The van der Waals surface area contributed by atoms with E-state index in [0.717, 1.165) is 28.0 Å². The Hall–Kier alpha value is -5.40. The van der Waals surface area contributed by atoms with E-state index in [-0.39, 0.29) is 30.7 Å². The maximum atomic E-state index is 13.9. The Labute approximate surface area is 307 Å². The Balaban J connectivity index is 1.15. The van der Waals surface area contributed by atoms with Crippen molar-refractivity contribution >= 4 is 42.8 Å². The number of hydrogen-bond acceptors (Lipinski definition) is 11. The quantitative estimate of drug-likeness (QED) is 0.0762. The Bertz CT molecular complexity index is 2080. The minimum absolute atomic E-state index is 0.0720. The highest BCUT2D eigenvalue weighted by molar-refractivity contribution is 7.48. The van der Waals surface area contributed by atoms with Gasteiger partial charge in [0.2, 0.25) is 6.79 Å². The van der Waals surface area contributed by atoms with E-state index >= 15 is 0 Å². The second-order valence-electron chi connectivity index (χ2n) is 12.5. The topological polar surface area (TPSA) is 163 Å². The number of nitrogens with one attached hydrogen (secondary N) is 2. The van der Waals surface area contributed by atoms with Crippen molar-refractivity contribution in [3.63, 3.8) is 0 Å². The van der Waals surface area contributed by atoms with Gasteiger partial charge in [-0.05, 0) is 67.5 Å². The Morgan fingerprint density at radius 2 is 1.58 bits per heavy atom. The van der Waals surface area contributed by atoms with Gasteiger partial charge in [-0.2, -0.15) is 5.10 Å². The van der Waals surface area contributed by atoms with Crippen LogP contribution in [0.1, 0.15) is 69.2 Å². The van der Waals surface area contributed by atoms with E-state index in [1.807, 2.05) is 57.2 Å². The number of aromatic nitrogens is 3. The van der Waals surface area contributed by atoms with Gasteiger partial charge in [0.25, 0.3) is 11.8 Å². The number of carbonyl (C=O) groups excluding carboxylic acids is 3. The summed E-state index contributed by atoms with van der Waals surface area (Å²) in [6.45, 7) is 5.29. The average Bonchev–Trinajstić information content (AvgIpc) is 3.95. The van der Waals surface area contributed by atoms with Crippen LogP contribution in [0, 0.1) is 13.8 Å². The van der Waals surface area contributed by atoms with E-state index in [1.54, 1.807) is 53.2 Å². The zero-order valence-electron chi connectivity index (χ0n) is 29.7. The SMILES string of the molecule is CCCNC(=O)c1cn2ncnc(Nc3cc(C(=O)N(C(=O)OCOP(=O)(OCc4ccccc4)OCc4ccccc4)C4CC4)ccc3C)c2c1C. The van der Waals surface area contributed by atoms with Crippen molar-refractivity contribution in [3.8, 4) is 0 Å². The number of fused-ring (bicyclic) bond motifs is 1. The van der Waals surface area contributed by atoms with Crippen LogP contribution < -0.4 is 10.6 Å². The molecule has 0 aliphatic heterocycles. The van der Waals surface area contributed by atoms with Crippen molar-refractivity contribution in [1.82, 2.24) is 24.8 Å². The summed E-state index contributed by atoms with van der Waals surface area (Å²) in [6.07, 6.45) is 4.09. The third-order valence-corrected chi connectivity index (χ3v) is 9.84. The molecule has 0 bridgehead atoms. The van der Waals surface area contributed by atoms with E-state index in [2.05, 4.69) is 20.7 Å². The van der Waals surface area contributed by atoms with Crippen LogP contribution in [0.15, 0.2) is 91.4 Å². The number of aryl methyl sites for hydroxylation is 2. The molecule has 14 nitrogen and oxygen atoms in total. The van der Waals surface area contributed by atoms with Gasteiger partial charge < -0.3 is 15.4 Å². The number of ether oxygens (including phenoxy) is 1. The van der Waals surface area contributed by atoms with E-state index in [1.165, 1.54) is 6.33 Å². The Kier molecular flexibility index (Phi) is 12.0. The molecule has 1 fully saturated rings. The molecule has 2 aromatic heterocycles. The number of anilines is 2. The Morgan fingerprint density at radius 3 is 2.21 bits per heavy atom. The van der Waals surface area contributed by atoms with Crippen LogP contribution in [-0.2, 0) is 36.1 Å². The highest BCUT2D eigenvalue weighted by Gasteiger charge is 2.39. The number of phosphoric ester groups is 1. The average molecular weight is 741 g/mol. The lowest BCUT2D eigenvalue weighted by atomic mass is 10.1. The molecule has 3 amide bonds. The monoisotopic (exact) mass is 740 g/mol. The van der Waals surface area contributed by atoms with Gasteiger partial charge in [-0.25, -0.2) is 28.3 Å². The standard InChI is InChI=1S/C38H41N6O8P/c1-4-19-39-36(45)32-21-43-34(27(32)3)35(40-24-41-43)42-33-20-30(16-15-26(33)2)37(46)44(31-17-18-31)38(47)49-25-52-53(48,50-22-28-11-7-5-8-12-28)51-23-29-13-9-6-10-14-29/h5-16,20-21,24,31H,4,17-19,22-23,25H2,1-3H3,(H,39,45)(H,40,41,42). The first-order valence-electron chi connectivity index (χ1n) is 17.3. The van der Waals surface area contributed by atoms with Gasteiger partial charge in [0.1, 0.15) is 11.8 Å².